The quantitative estimate of drug-likeness (QED) is 0.719. The second-order valence-electron chi connectivity index (χ2n) is 5.22. The highest BCUT2D eigenvalue weighted by Crippen LogP contribution is 2.47. The molecule has 0 saturated heterocycles. The molecule has 1 aromatic rings. The van der Waals surface area contributed by atoms with E-state index in [2.05, 4.69) is 11.4 Å². The molecule has 0 amide bonds. The van der Waals surface area contributed by atoms with Gasteiger partial charge < -0.3 is 15.5 Å². The van der Waals surface area contributed by atoms with Crippen molar-refractivity contribution in [2.45, 2.75) is 36.9 Å². The molecule has 1 aromatic carbocycles. The Morgan fingerprint density at radius 2 is 2.16 bits per heavy atom. The minimum absolute atomic E-state index is 0.355. The van der Waals surface area contributed by atoms with E-state index >= 15 is 0 Å². The fraction of sp³-hybridized carbons (Fsp3) is 0.533. The van der Waals surface area contributed by atoms with Crippen molar-refractivity contribution >= 4 is 0 Å². The molecular weight excluding hydrogens is 240 g/mol. The monoisotopic (exact) mass is 260 g/mol. The number of benzene rings is 1. The maximum Gasteiger partial charge on any atom is 0.105 e. The fourth-order valence-electron chi connectivity index (χ4n) is 2.28. The third-order valence-electron chi connectivity index (χ3n) is 3.80. The number of rotatable bonds is 6. The molecule has 0 spiro atoms. The van der Waals surface area contributed by atoms with Gasteiger partial charge in [-0.05, 0) is 44.0 Å². The van der Waals surface area contributed by atoms with E-state index in [4.69, 9.17) is 0 Å². The first-order valence-electron chi connectivity index (χ1n) is 6.65. The van der Waals surface area contributed by atoms with Crippen LogP contribution in [0.3, 0.4) is 0 Å². The van der Waals surface area contributed by atoms with Gasteiger partial charge in [-0.2, -0.15) is 5.26 Å². The zero-order valence-corrected chi connectivity index (χ0v) is 11.1. The second kappa shape index (κ2) is 5.70. The smallest absolute Gasteiger partial charge is 0.105 e. The summed E-state index contributed by atoms with van der Waals surface area (Å²) in [7, 11) is 1.81. The summed E-state index contributed by atoms with van der Waals surface area (Å²) in [4.78, 5) is 0. The average molecular weight is 260 g/mol. The molecule has 3 N–H and O–H groups in total. The molecule has 1 fully saturated rings. The Hall–Kier alpha value is -1.41. The number of hydrogen-bond donors (Lipinski definition) is 3. The normalized spacial score (nSPS) is 19.5. The fourth-order valence-corrected chi connectivity index (χ4v) is 2.28. The van der Waals surface area contributed by atoms with E-state index in [1.165, 1.54) is 0 Å². The van der Waals surface area contributed by atoms with Crippen molar-refractivity contribution in [3.05, 3.63) is 35.4 Å². The minimum atomic E-state index is -0.900. The molecule has 1 saturated carbocycles. The number of aliphatic hydroxyl groups excluding tert-OH is 2. The Morgan fingerprint density at radius 3 is 2.74 bits per heavy atom. The van der Waals surface area contributed by atoms with Crippen molar-refractivity contribution in [2.24, 2.45) is 0 Å². The SMILES string of the molecule is CNCCC(O)C(O)c1cccc(C2(C#N)CC2)c1. The van der Waals surface area contributed by atoms with Crippen molar-refractivity contribution in [3.8, 4) is 6.07 Å². The third kappa shape index (κ3) is 2.95. The van der Waals surface area contributed by atoms with Crippen LogP contribution in [0.4, 0.5) is 0 Å². The number of nitrogens with one attached hydrogen (secondary N) is 1. The maximum absolute atomic E-state index is 10.1. The van der Waals surface area contributed by atoms with Crippen LogP contribution >= 0.6 is 0 Å². The summed E-state index contributed by atoms with van der Waals surface area (Å²) in [6.07, 6.45) is 0.560. The summed E-state index contributed by atoms with van der Waals surface area (Å²) in [6.45, 7) is 0.653. The van der Waals surface area contributed by atoms with Crippen LogP contribution in [0.25, 0.3) is 0 Å². The van der Waals surface area contributed by atoms with E-state index < -0.39 is 12.2 Å². The molecule has 2 rings (SSSR count). The first-order chi connectivity index (χ1) is 9.13. The molecule has 0 aromatic heterocycles. The summed E-state index contributed by atoms with van der Waals surface area (Å²) >= 11 is 0. The predicted octanol–water partition coefficient (Wildman–Crippen LogP) is 1.25. The van der Waals surface area contributed by atoms with E-state index in [-0.39, 0.29) is 5.41 Å². The number of nitriles is 1. The molecule has 1 aliphatic rings. The highest BCUT2D eigenvalue weighted by atomic mass is 16.3. The molecule has 2 atom stereocenters. The molecule has 0 aliphatic heterocycles. The number of hydrogen-bond acceptors (Lipinski definition) is 4. The third-order valence-corrected chi connectivity index (χ3v) is 3.80. The van der Waals surface area contributed by atoms with Crippen LogP contribution in [0.1, 0.15) is 36.5 Å². The lowest BCUT2D eigenvalue weighted by Gasteiger charge is -2.19. The van der Waals surface area contributed by atoms with Gasteiger partial charge in [-0.1, -0.05) is 24.3 Å². The van der Waals surface area contributed by atoms with Crippen LogP contribution < -0.4 is 5.32 Å². The van der Waals surface area contributed by atoms with Crippen LogP contribution in [-0.4, -0.2) is 29.9 Å². The van der Waals surface area contributed by atoms with Gasteiger partial charge in [0.15, 0.2) is 0 Å². The summed E-state index contributed by atoms with van der Waals surface area (Å²) in [5, 5.41) is 32.2. The lowest BCUT2D eigenvalue weighted by atomic mass is 9.93. The van der Waals surface area contributed by atoms with E-state index in [0.717, 1.165) is 18.4 Å². The second-order valence-corrected chi connectivity index (χ2v) is 5.22. The first kappa shape index (κ1) is 14.0. The summed E-state index contributed by atoms with van der Waals surface area (Å²) in [6, 6.07) is 9.76. The molecule has 102 valence electrons. The van der Waals surface area contributed by atoms with Gasteiger partial charge in [0.1, 0.15) is 6.10 Å². The van der Waals surface area contributed by atoms with Crippen LogP contribution in [0.15, 0.2) is 24.3 Å². The Bertz CT molecular complexity index is 477. The Kier molecular flexibility index (Phi) is 4.20. The van der Waals surface area contributed by atoms with Gasteiger partial charge in [0, 0.05) is 0 Å². The van der Waals surface area contributed by atoms with Gasteiger partial charge >= 0.3 is 0 Å². The highest BCUT2D eigenvalue weighted by molar-refractivity contribution is 5.41. The zero-order chi connectivity index (χ0) is 13.9. The number of aliphatic hydroxyl groups is 2. The summed E-state index contributed by atoms with van der Waals surface area (Å²) in [5.74, 6) is 0. The van der Waals surface area contributed by atoms with Crippen molar-refractivity contribution in [1.82, 2.24) is 5.32 Å². The average Bonchev–Trinajstić information content (AvgIpc) is 3.25. The lowest BCUT2D eigenvalue weighted by Crippen LogP contribution is -2.23. The van der Waals surface area contributed by atoms with Crippen LogP contribution in [0.2, 0.25) is 0 Å². The van der Waals surface area contributed by atoms with Crippen molar-refractivity contribution in [3.63, 3.8) is 0 Å². The number of nitrogens with zero attached hydrogens (tertiary/aromatic N) is 1. The topological polar surface area (TPSA) is 76.3 Å². The van der Waals surface area contributed by atoms with Crippen LogP contribution in [0, 0.1) is 11.3 Å². The van der Waals surface area contributed by atoms with E-state index in [1.54, 1.807) is 6.07 Å². The molecule has 4 nitrogen and oxygen atoms in total. The largest absolute Gasteiger partial charge is 0.390 e. The van der Waals surface area contributed by atoms with Crippen LogP contribution in [0.5, 0.6) is 0 Å². The molecule has 19 heavy (non-hydrogen) atoms. The van der Waals surface area contributed by atoms with Gasteiger partial charge in [-0.25, -0.2) is 0 Å². The van der Waals surface area contributed by atoms with E-state index in [1.807, 2.05) is 25.2 Å². The zero-order valence-electron chi connectivity index (χ0n) is 11.1. The van der Waals surface area contributed by atoms with Gasteiger partial charge in [-0.3, -0.25) is 0 Å². The van der Waals surface area contributed by atoms with Crippen molar-refractivity contribution in [1.29, 1.82) is 5.26 Å². The summed E-state index contributed by atoms with van der Waals surface area (Å²) in [5.41, 5.74) is 1.28. The predicted molar refractivity (Wildman–Crippen MR) is 72.5 cm³/mol. The Morgan fingerprint density at radius 1 is 1.42 bits per heavy atom. The van der Waals surface area contributed by atoms with Crippen molar-refractivity contribution in [2.75, 3.05) is 13.6 Å². The summed E-state index contributed by atoms with van der Waals surface area (Å²) < 4.78 is 0. The molecule has 0 heterocycles. The van der Waals surface area contributed by atoms with Gasteiger partial charge in [0.2, 0.25) is 0 Å². The maximum atomic E-state index is 10.1. The highest BCUT2D eigenvalue weighted by Gasteiger charge is 2.45. The van der Waals surface area contributed by atoms with Gasteiger partial charge in [-0.15, -0.1) is 0 Å². The molecule has 1 aliphatic carbocycles. The van der Waals surface area contributed by atoms with E-state index in [0.29, 0.717) is 18.5 Å². The molecule has 0 bridgehead atoms. The lowest BCUT2D eigenvalue weighted by molar-refractivity contribution is 0.0140. The molecule has 0 radical (unpaired) electrons. The van der Waals surface area contributed by atoms with E-state index in [9.17, 15) is 15.5 Å². The first-order valence-corrected chi connectivity index (χ1v) is 6.65. The van der Waals surface area contributed by atoms with Crippen molar-refractivity contribution < 1.29 is 10.2 Å². The molecule has 4 heteroatoms. The minimum Gasteiger partial charge on any atom is -0.390 e. The Labute approximate surface area is 113 Å². The van der Waals surface area contributed by atoms with Crippen LogP contribution in [-0.2, 0) is 5.41 Å². The standard InChI is InChI=1S/C15H20N2O2/c1-17-8-5-13(18)14(19)11-3-2-4-12(9-11)15(10-16)6-7-15/h2-4,9,13-14,17-19H,5-8H2,1H3. The Balaban J connectivity index is 2.13. The van der Waals surface area contributed by atoms with Gasteiger partial charge in [0.05, 0.1) is 17.6 Å². The molecule has 2 unspecified atom stereocenters. The molecular formula is C15H20N2O2. The van der Waals surface area contributed by atoms with Gasteiger partial charge in [0.25, 0.3) is 0 Å².